The summed E-state index contributed by atoms with van der Waals surface area (Å²) < 4.78 is 0. The van der Waals surface area contributed by atoms with Gasteiger partial charge in [0.15, 0.2) is 6.10 Å². The van der Waals surface area contributed by atoms with E-state index in [0.29, 0.717) is 6.54 Å². The Morgan fingerprint density at radius 3 is 2.81 bits per heavy atom. The first kappa shape index (κ1) is 12.9. The van der Waals surface area contributed by atoms with Gasteiger partial charge in [-0.25, -0.2) is 4.79 Å². The Kier molecular flexibility index (Phi) is 5.21. The van der Waals surface area contributed by atoms with Gasteiger partial charge in [-0.15, -0.1) is 0 Å². The summed E-state index contributed by atoms with van der Waals surface area (Å²) in [6, 6.07) is 0. The molecule has 0 aliphatic carbocycles. The summed E-state index contributed by atoms with van der Waals surface area (Å²) in [5, 5.41) is 23.2. The van der Waals surface area contributed by atoms with Gasteiger partial charge in [-0.3, -0.25) is 4.79 Å². The Morgan fingerprint density at radius 2 is 2.25 bits per heavy atom. The maximum atomic E-state index is 11.6. The Balaban J connectivity index is 2.16. The van der Waals surface area contributed by atoms with Crippen LogP contribution in [-0.2, 0) is 9.59 Å². The predicted octanol–water partition coefficient (Wildman–Crippen LogP) is -1.06. The van der Waals surface area contributed by atoms with Crippen LogP contribution in [-0.4, -0.2) is 47.8 Å². The average Bonchev–Trinajstić information content (AvgIpc) is 2.29. The van der Waals surface area contributed by atoms with Crippen LogP contribution < -0.4 is 10.6 Å². The number of aliphatic hydroxyl groups excluding tert-OH is 1. The van der Waals surface area contributed by atoms with Crippen LogP contribution in [0.25, 0.3) is 0 Å². The lowest BCUT2D eigenvalue weighted by molar-refractivity contribution is -0.147. The fourth-order valence-electron chi connectivity index (χ4n) is 1.68. The number of nitrogens with one attached hydrogen (secondary N) is 2. The summed E-state index contributed by atoms with van der Waals surface area (Å²) in [6.45, 7) is 1.82. The van der Waals surface area contributed by atoms with Gasteiger partial charge in [0.1, 0.15) is 0 Å². The fraction of sp³-hybridized carbons (Fsp3) is 0.800. The van der Waals surface area contributed by atoms with E-state index in [2.05, 4.69) is 10.6 Å². The van der Waals surface area contributed by atoms with Crippen molar-refractivity contribution in [2.45, 2.75) is 25.4 Å². The van der Waals surface area contributed by atoms with Gasteiger partial charge in [-0.2, -0.15) is 0 Å². The molecule has 0 spiro atoms. The number of piperidine rings is 1. The molecule has 0 unspecified atom stereocenters. The molecule has 0 saturated carbocycles. The molecule has 0 aromatic heterocycles. The van der Waals surface area contributed by atoms with Crippen molar-refractivity contribution in [3.8, 4) is 0 Å². The van der Waals surface area contributed by atoms with Crippen molar-refractivity contribution in [1.82, 2.24) is 10.6 Å². The average molecular weight is 230 g/mol. The molecule has 1 aliphatic rings. The Bertz CT molecular complexity index is 251. The molecule has 1 aliphatic heterocycles. The molecule has 0 radical (unpaired) electrons. The normalized spacial score (nSPS) is 22.4. The molecule has 1 fully saturated rings. The quantitative estimate of drug-likeness (QED) is 0.482. The maximum absolute atomic E-state index is 11.6. The second kappa shape index (κ2) is 6.44. The van der Waals surface area contributed by atoms with E-state index in [1.165, 1.54) is 0 Å². The molecule has 0 aromatic rings. The van der Waals surface area contributed by atoms with Crippen molar-refractivity contribution in [2.75, 3.05) is 19.6 Å². The van der Waals surface area contributed by atoms with Gasteiger partial charge in [-0.1, -0.05) is 0 Å². The summed E-state index contributed by atoms with van der Waals surface area (Å²) in [5.74, 6) is -1.35. The monoisotopic (exact) mass is 230 g/mol. The third kappa shape index (κ3) is 4.16. The number of carbonyl (C=O) groups is 2. The fourth-order valence-corrected chi connectivity index (χ4v) is 1.68. The highest BCUT2D eigenvalue weighted by Gasteiger charge is 2.21. The molecule has 1 heterocycles. The van der Waals surface area contributed by atoms with Crippen molar-refractivity contribution in [3.05, 3.63) is 0 Å². The van der Waals surface area contributed by atoms with E-state index in [4.69, 9.17) is 10.2 Å². The van der Waals surface area contributed by atoms with Crippen LogP contribution in [0.15, 0.2) is 0 Å². The Labute approximate surface area is 94.0 Å². The maximum Gasteiger partial charge on any atom is 0.332 e. The lowest BCUT2D eigenvalue weighted by Gasteiger charge is -2.21. The largest absolute Gasteiger partial charge is 0.479 e. The van der Waals surface area contributed by atoms with E-state index in [9.17, 15) is 9.59 Å². The van der Waals surface area contributed by atoms with Gasteiger partial charge in [0.05, 0.1) is 5.92 Å². The Hall–Kier alpha value is -1.14. The van der Waals surface area contributed by atoms with Gasteiger partial charge in [0.2, 0.25) is 5.91 Å². The van der Waals surface area contributed by atoms with E-state index in [1.807, 2.05) is 0 Å². The molecule has 1 rings (SSSR count). The number of carboxylic acids is 1. The van der Waals surface area contributed by atoms with Gasteiger partial charge in [-0.05, 0) is 19.4 Å². The standard InChI is InChI=1S/C10H18N2O4/c13-8(10(15)16)3-5-12-9(14)7-2-1-4-11-6-7/h7-8,11,13H,1-6H2,(H,12,14)(H,15,16)/t7-,8+/m1/s1. The number of carboxylic acid groups (broad SMARTS) is 1. The van der Waals surface area contributed by atoms with Crippen LogP contribution in [0.3, 0.4) is 0 Å². The molecule has 92 valence electrons. The number of rotatable bonds is 5. The molecule has 0 bridgehead atoms. The molecule has 16 heavy (non-hydrogen) atoms. The molecule has 6 heteroatoms. The minimum absolute atomic E-state index is 0.0317. The van der Waals surface area contributed by atoms with Crippen molar-refractivity contribution >= 4 is 11.9 Å². The zero-order valence-corrected chi connectivity index (χ0v) is 9.11. The molecule has 1 saturated heterocycles. The highest BCUT2D eigenvalue weighted by Crippen LogP contribution is 2.09. The van der Waals surface area contributed by atoms with E-state index in [1.54, 1.807) is 0 Å². The third-order valence-electron chi connectivity index (χ3n) is 2.67. The van der Waals surface area contributed by atoms with Crippen molar-refractivity contribution in [3.63, 3.8) is 0 Å². The van der Waals surface area contributed by atoms with Crippen LogP contribution in [0.4, 0.5) is 0 Å². The van der Waals surface area contributed by atoms with E-state index in [-0.39, 0.29) is 24.8 Å². The van der Waals surface area contributed by atoms with E-state index < -0.39 is 12.1 Å². The molecule has 4 N–H and O–H groups in total. The van der Waals surface area contributed by atoms with Crippen molar-refractivity contribution in [1.29, 1.82) is 0 Å². The number of amides is 1. The van der Waals surface area contributed by atoms with Crippen LogP contribution in [0.1, 0.15) is 19.3 Å². The first-order valence-corrected chi connectivity index (χ1v) is 5.50. The van der Waals surface area contributed by atoms with Crippen LogP contribution in [0.5, 0.6) is 0 Å². The highest BCUT2D eigenvalue weighted by molar-refractivity contribution is 5.79. The second-order valence-corrected chi connectivity index (χ2v) is 3.98. The van der Waals surface area contributed by atoms with Crippen molar-refractivity contribution < 1.29 is 19.8 Å². The summed E-state index contributed by atoms with van der Waals surface area (Å²) in [4.78, 5) is 21.9. The number of carbonyl (C=O) groups excluding carboxylic acids is 1. The predicted molar refractivity (Wildman–Crippen MR) is 56.9 cm³/mol. The van der Waals surface area contributed by atoms with E-state index >= 15 is 0 Å². The Morgan fingerprint density at radius 1 is 1.50 bits per heavy atom. The zero-order chi connectivity index (χ0) is 12.0. The van der Waals surface area contributed by atoms with Gasteiger partial charge < -0.3 is 20.8 Å². The lowest BCUT2D eigenvalue weighted by atomic mass is 9.99. The van der Waals surface area contributed by atoms with E-state index in [0.717, 1.165) is 19.4 Å². The van der Waals surface area contributed by atoms with Gasteiger partial charge in [0.25, 0.3) is 0 Å². The van der Waals surface area contributed by atoms with Crippen molar-refractivity contribution in [2.24, 2.45) is 5.92 Å². The van der Waals surface area contributed by atoms with Gasteiger partial charge >= 0.3 is 5.97 Å². The van der Waals surface area contributed by atoms with Crippen LogP contribution in [0.2, 0.25) is 0 Å². The molecule has 1 amide bonds. The molecular weight excluding hydrogens is 212 g/mol. The first-order valence-electron chi connectivity index (χ1n) is 5.50. The number of aliphatic hydroxyl groups is 1. The summed E-state index contributed by atoms with van der Waals surface area (Å²) in [6.07, 6.45) is 0.488. The molecule has 0 aromatic carbocycles. The molecular formula is C10H18N2O4. The first-order chi connectivity index (χ1) is 7.61. The molecule has 6 nitrogen and oxygen atoms in total. The minimum atomic E-state index is -1.40. The van der Waals surface area contributed by atoms with Gasteiger partial charge in [0, 0.05) is 19.5 Å². The smallest absolute Gasteiger partial charge is 0.332 e. The summed E-state index contributed by atoms with van der Waals surface area (Å²) >= 11 is 0. The topological polar surface area (TPSA) is 98.7 Å². The minimum Gasteiger partial charge on any atom is -0.479 e. The number of hydrogen-bond acceptors (Lipinski definition) is 4. The lowest BCUT2D eigenvalue weighted by Crippen LogP contribution is -2.41. The molecule has 2 atom stereocenters. The number of hydrogen-bond donors (Lipinski definition) is 4. The van der Waals surface area contributed by atoms with Crippen LogP contribution in [0, 0.1) is 5.92 Å². The van der Waals surface area contributed by atoms with Crippen LogP contribution >= 0.6 is 0 Å². The summed E-state index contributed by atoms with van der Waals surface area (Å²) in [7, 11) is 0. The highest BCUT2D eigenvalue weighted by atomic mass is 16.4. The second-order valence-electron chi connectivity index (χ2n) is 3.98. The zero-order valence-electron chi connectivity index (χ0n) is 9.11. The summed E-state index contributed by atoms with van der Waals surface area (Å²) in [5.41, 5.74) is 0. The third-order valence-corrected chi connectivity index (χ3v) is 2.67. The number of aliphatic carboxylic acids is 1. The SMILES string of the molecule is O=C(NCC[C@H](O)C(=O)O)[C@@H]1CCCNC1.